The second kappa shape index (κ2) is 11.6. The number of unbranched alkanes of at least 4 members (excludes halogenated alkanes) is 1. The average molecular weight is 340 g/mol. The van der Waals surface area contributed by atoms with Gasteiger partial charge >= 0.3 is 23.9 Å². The van der Waals surface area contributed by atoms with Crippen LogP contribution in [-0.4, -0.2) is 48.3 Å². The Balaban J connectivity index is 0.000000470. The number of carboxylic acids is 2. The molecule has 0 unspecified atom stereocenters. The van der Waals surface area contributed by atoms with Crippen molar-refractivity contribution in [1.82, 2.24) is 0 Å². The third-order valence-corrected chi connectivity index (χ3v) is 2.77. The predicted octanol–water partition coefficient (Wildman–Crippen LogP) is 1.98. The Hall–Kier alpha value is -2.90. The van der Waals surface area contributed by atoms with E-state index in [-0.39, 0.29) is 24.0 Å². The van der Waals surface area contributed by atoms with Crippen LogP contribution < -0.4 is 0 Å². The maximum Gasteiger partial charge on any atom is 0.338 e. The molecule has 8 heteroatoms. The van der Waals surface area contributed by atoms with E-state index in [9.17, 15) is 19.2 Å². The molecule has 2 N–H and O–H groups in total. The van der Waals surface area contributed by atoms with E-state index in [1.54, 1.807) is 12.1 Å². The van der Waals surface area contributed by atoms with Crippen LogP contribution in [0.25, 0.3) is 0 Å². The predicted molar refractivity (Wildman–Crippen MR) is 82.9 cm³/mol. The second-order valence-corrected chi connectivity index (χ2v) is 4.52. The number of benzene rings is 1. The number of esters is 2. The molecule has 0 radical (unpaired) electrons. The van der Waals surface area contributed by atoms with Gasteiger partial charge in [0.1, 0.15) is 0 Å². The average Bonchev–Trinajstić information content (AvgIpc) is 2.57. The molecule has 1 aromatic rings. The summed E-state index contributed by atoms with van der Waals surface area (Å²) in [5.41, 5.74) is 0.420. The number of hydrogen-bond donors (Lipinski definition) is 2. The first kappa shape index (κ1) is 21.1. The van der Waals surface area contributed by atoms with Crippen molar-refractivity contribution in [1.29, 1.82) is 0 Å². The molecular weight excluding hydrogens is 320 g/mol. The molecular formula is C16H20O8. The molecule has 1 aromatic carbocycles. The molecule has 0 saturated heterocycles. The van der Waals surface area contributed by atoms with E-state index in [2.05, 4.69) is 9.47 Å². The number of hydrogen-bond acceptors (Lipinski definition) is 6. The normalized spacial score (nSPS) is 9.25. The maximum absolute atomic E-state index is 11.2. The Morgan fingerprint density at radius 1 is 0.792 bits per heavy atom. The summed E-state index contributed by atoms with van der Waals surface area (Å²) in [6.07, 6.45) is 1.02. The van der Waals surface area contributed by atoms with Crippen LogP contribution in [0, 0.1) is 0 Å². The Morgan fingerprint density at radius 3 is 1.38 bits per heavy atom. The third-order valence-electron chi connectivity index (χ3n) is 2.77. The molecule has 0 aliphatic heterocycles. The minimum absolute atomic E-state index is 0.0628. The van der Waals surface area contributed by atoms with Crippen molar-refractivity contribution < 1.29 is 38.9 Å². The first-order valence-electron chi connectivity index (χ1n) is 7.02. The smallest absolute Gasteiger partial charge is 0.338 e. The minimum atomic E-state index is -0.870. The zero-order valence-corrected chi connectivity index (χ0v) is 13.5. The summed E-state index contributed by atoms with van der Waals surface area (Å²) >= 11 is 0. The van der Waals surface area contributed by atoms with Crippen LogP contribution in [0.1, 0.15) is 46.4 Å². The lowest BCUT2D eigenvalue weighted by Crippen LogP contribution is -2.11. The van der Waals surface area contributed by atoms with Crippen molar-refractivity contribution in [2.24, 2.45) is 0 Å². The highest BCUT2D eigenvalue weighted by Gasteiger charge is 2.16. The summed E-state index contributed by atoms with van der Waals surface area (Å²) in [6.45, 7) is 0. The molecule has 8 nitrogen and oxygen atoms in total. The molecule has 0 bridgehead atoms. The van der Waals surface area contributed by atoms with Gasteiger partial charge < -0.3 is 19.7 Å². The van der Waals surface area contributed by atoms with Gasteiger partial charge in [-0.2, -0.15) is 0 Å². The molecule has 0 amide bonds. The van der Waals surface area contributed by atoms with Gasteiger partial charge in [0.05, 0.1) is 25.3 Å². The number of methoxy groups -OCH3 is 2. The summed E-state index contributed by atoms with van der Waals surface area (Å²) in [4.78, 5) is 42.2. The number of carbonyl (C=O) groups excluding carboxylic acids is 2. The van der Waals surface area contributed by atoms with Gasteiger partial charge in [-0.25, -0.2) is 9.59 Å². The molecule has 1 rings (SSSR count). The van der Waals surface area contributed by atoms with E-state index < -0.39 is 23.9 Å². The Kier molecular flexibility index (Phi) is 10.2. The van der Waals surface area contributed by atoms with Crippen LogP contribution in [0.3, 0.4) is 0 Å². The first-order valence-corrected chi connectivity index (χ1v) is 7.02. The quantitative estimate of drug-likeness (QED) is 0.569. The zero-order chi connectivity index (χ0) is 18.5. The highest BCUT2D eigenvalue weighted by Crippen LogP contribution is 2.10. The highest BCUT2D eigenvalue weighted by molar-refractivity contribution is 6.03. The number of rotatable bonds is 7. The Morgan fingerprint density at radius 2 is 1.12 bits per heavy atom. The van der Waals surface area contributed by atoms with Gasteiger partial charge in [0.2, 0.25) is 0 Å². The molecule has 0 aromatic heterocycles. The summed E-state index contributed by atoms with van der Waals surface area (Å²) < 4.78 is 9.05. The molecule has 24 heavy (non-hydrogen) atoms. The molecule has 0 atom stereocenters. The van der Waals surface area contributed by atoms with Gasteiger partial charge in [0, 0.05) is 12.8 Å². The van der Waals surface area contributed by atoms with Gasteiger partial charge in [-0.15, -0.1) is 0 Å². The highest BCUT2D eigenvalue weighted by atomic mass is 16.5. The minimum Gasteiger partial charge on any atom is -0.481 e. The lowest BCUT2D eigenvalue weighted by Gasteiger charge is -2.04. The molecule has 0 saturated carbocycles. The molecule has 0 aliphatic carbocycles. The lowest BCUT2D eigenvalue weighted by atomic mass is 10.1. The third kappa shape index (κ3) is 8.52. The molecule has 0 aliphatic rings. The Bertz CT molecular complexity index is 528. The van der Waals surface area contributed by atoms with Crippen LogP contribution in [0.5, 0.6) is 0 Å². The van der Waals surface area contributed by atoms with Crippen LogP contribution in [0.2, 0.25) is 0 Å². The number of aliphatic carboxylic acids is 2. The number of ether oxygens (including phenoxy) is 2. The second-order valence-electron chi connectivity index (χ2n) is 4.52. The molecule has 0 spiro atoms. The van der Waals surface area contributed by atoms with Gasteiger partial charge in [0.15, 0.2) is 0 Å². The van der Waals surface area contributed by atoms with Crippen molar-refractivity contribution >= 4 is 23.9 Å². The topological polar surface area (TPSA) is 127 Å². The summed E-state index contributed by atoms with van der Waals surface area (Å²) in [5, 5.41) is 16.3. The van der Waals surface area contributed by atoms with Crippen LogP contribution in [0.4, 0.5) is 0 Å². The van der Waals surface area contributed by atoms with Gasteiger partial charge in [-0.1, -0.05) is 12.1 Å². The fourth-order valence-corrected chi connectivity index (χ4v) is 1.61. The maximum atomic E-state index is 11.2. The molecule has 0 fully saturated rings. The van der Waals surface area contributed by atoms with Crippen LogP contribution in [-0.2, 0) is 19.1 Å². The van der Waals surface area contributed by atoms with Gasteiger partial charge in [-0.3, -0.25) is 9.59 Å². The van der Waals surface area contributed by atoms with Crippen molar-refractivity contribution in [2.45, 2.75) is 25.7 Å². The van der Waals surface area contributed by atoms with E-state index in [4.69, 9.17) is 10.2 Å². The van der Waals surface area contributed by atoms with E-state index >= 15 is 0 Å². The van der Waals surface area contributed by atoms with E-state index in [0.717, 1.165) is 0 Å². The molecule has 0 heterocycles. The van der Waals surface area contributed by atoms with Crippen molar-refractivity contribution in [3.05, 3.63) is 35.4 Å². The summed E-state index contributed by atoms with van der Waals surface area (Å²) in [5.74, 6) is -2.84. The fraction of sp³-hybridized carbons (Fsp3) is 0.375. The SMILES string of the molecule is COC(=O)c1ccccc1C(=O)OC.O=C(O)CCCCC(=O)O. The van der Waals surface area contributed by atoms with Crippen LogP contribution >= 0.6 is 0 Å². The van der Waals surface area contributed by atoms with Crippen molar-refractivity contribution in [2.75, 3.05) is 14.2 Å². The van der Waals surface area contributed by atoms with E-state index in [1.807, 2.05) is 0 Å². The summed E-state index contributed by atoms with van der Waals surface area (Å²) in [7, 11) is 2.52. The van der Waals surface area contributed by atoms with E-state index in [1.165, 1.54) is 26.4 Å². The van der Waals surface area contributed by atoms with Gasteiger partial charge in [0.25, 0.3) is 0 Å². The molecule has 132 valence electrons. The van der Waals surface area contributed by atoms with Gasteiger partial charge in [-0.05, 0) is 25.0 Å². The monoisotopic (exact) mass is 340 g/mol. The zero-order valence-electron chi connectivity index (χ0n) is 13.5. The van der Waals surface area contributed by atoms with Crippen molar-refractivity contribution in [3.8, 4) is 0 Å². The van der Waals surface area contributed by atoms with E-state index in [0.29, 0.717) is 12.8 Å². The van der Waals surface area contributed by atoms with Crippen LogP contribution in [0.15, 0.2) is 24.3 Å². The first-order chi connectivity index (χ1) is 11.3. The number of carbonyl (C=O) groups is 4. The largest absolute Gasteiger partial charge is 0.481 e. The fourth-order valence-electron chi connectivity index (χ4n) is 1.61. The number of carboxylic acid groups (broad SMARTS) is 2. The summed E-state index contributed by atoms with van der Waals surface area (Å²) in [6, 6.07) is 6.33. The van der Waals surface area contributed by atoms with Crippen molar-refractivity contribution in [3.63, 3.8) is 0 Å². The standard InChI is InChI=1S/C10H10O4.C6H10O4/c1-13-9(11)7-5-3-4-6-8(7)10(12)14-2;7-5(8)3-1-2-4-6(9)10/h3-6H,1-2H3;1-4H2,(H,7,8)(H,9,10). The Labute approximate surface area is 139 Å². The lowest BCUT2D eigenvalue weighted by molar-refractivity contribution is -0.139.